The van der Waals surface area contributed by atoms with E-state index in [9.17, 15) is 4.79 Å². The number of pyridine rings is 1. The van der Waals surface area contributed by atoms with E-state index in [-0.39, 0.29) is 12.1 Å². The molecule has 1 unspecified atom stereocenters. The van der Waals surface area contributed by atoms with Crippen LogP contribution in [0.1, 0.15) is 37.3 Å². The molecule has 6 heteroatoms. The third-order valence-electron chi connectivity index (χ3n) is 5.29. The van der Waals surface area contributed by atoms with E-state index in [0.717, 1.165) is 43.1 Å². The summed E-state index contributed by atoms with van der Waals surface area (Å²) in [4.78, 5) is 19.3. The molecule has 2 aromatic rings. The average molecular weight is 366 g/mol. The smallest absolute Gasteiger partial charge is 0.319 e. The van der Waals surface area contributed by atoms with Crippen LogP contribution in [0, 0.1) is 5.92 Å². The van der Waals surface area contributed by atoms with Gasteiger partial charge in [0.15, 0.2) is 0 Å². The number of carbonyl (C=O) groups is 1. The Bertz CT molecular complexity index is 766. The van der Waals surface area contributed by atoms with Crippen LogP contribution in [0.2, 0.25) is 0 Å². The molecular weight excluding hydrogens is 340 g/mol. The zero-order valence-electron chi connectivity index (χ0n) is 15.6. The summed E-state index contributed by atoms with van der Waals surface area (Å²) in [6.07, 6.45) is 6.45. The van der Waals surface area contributed by atoms with Crippen molar-refractivity contribution in [2.75, 3.05) is 30.4 Å². The Labute approximate surface area is 159 Å². The lowest BCUT2D eigenvalue weighted by molar-refractivity contribution is 0.247. The minimum atomic E-state index is -0.196. The highest BCUT2D eigenvalue weighted by Crippen LogP contribution is 2.41. The first kappa shape index (κ1) is 17.6. The summed E-state index contributed by atoms with van der Waals surface area (Å²) in [5.41, 5.74) is 1.82. The number of carbonyl (C=O) groups excluding carboxylic acids is 1. The Morgan fingerprint density at radius 2 is 1.89 bits per heavy atom. The number of rotatable bonds is 6. The molecule has 1 saturated heterocycles. The van der Waals surface area contributed by atoms with Crippen LogP contribution < -0.4 is 20.3 Å². The number of hydrogen-bond acceptors (Lipinski definition) is 4. The zero-order valence-corrected chi connectivity index (χ0v) is 15.6. The van der Waals surface area contributed by atoms with Crippen molar-refractivity contribution in [2.45, 2.75) is 31.7 Å². The number of ether oxygens (including phenoxy) is 1. The van der Waals surface area contributed by atoms with Gasteiger partial charge >= 0.3 is 6.03 Å². The second-order valence-electron chi connectivity index (χ2n) is 7.29. The lowest BCUT2D eigenvalue weighted by Gasteiger charge is -2.20. The fourth-order valence-electron chi connectivity index (χ4n) is 3.62. The van der Waals surface area contributed by atoms with E-state index in [1.807, 2.05) is 36.4 Å². The summed E-state index contributed by atoms with van der Waals surface area (Å²) >= 11 is 0. The van der Waals surface area contributed by atoms with Crippen LogP contribution in [0.3, 0.4) is 0 Å². The van der Waals surface area contributed by atoms with Gasteiger partial charge in [-0.15, -0.1) is 0 Å². The Kier molecular flexibility index (Phi) is 5.14. The van der Waals surface area contributed by atoms with E-state index in [2.05, 4.69) is 20.5 Å². The normalized spacial score (nSPS) is 17.4. The van der Waals surface area contributed by atoms with Crippen LogP contribution in [0.25, 0.3) is 0 Å². The minimum Gasteiger partial charge on any atom is -0.497 e. The molecular formula is C21H26N4O2. The number of amides is 2. The van der Waals surface area contributed by atoms with E-state index in [0.29, 0.717) is 11.6 Å². The second-order valence-corrected chi connectivity index (χ2v) is 7.29. The third-order valence-corrected chi connectivity index (χ3v) is 5.29. The van der Waals surface area contributed by atoms with Crippen LogP contribution in [0.4, 0.5) is 16.3 Å². The summed E-state index contributed by atoms with van der Waals surface area (Å²) in [6.45, 7) is 2.12. The molecule has 1 aliphatic carbocycles. The maximum Gasteiger partial charge on any atom is 0.319 e. The lowest BCUT2D eigenvalue weighted by Crippen LogP contribution is -2.33. The molecule has 2 aliphatic rings. The third kappa shape index (κ3) is 4.32. The first-order valence-electron chi connectivity index (χ1n) is 9.65. The predicted molar refractivity (Wildman–Crippen MR) is 106 cm³/mol. The number of hydrogen-bond donors (Lipinski definition) is 2. The second kappa shape index (κ2) is 7.86. The van der Waals surface area contributed by atoms with Gasteiger partial charge in [0.25, 0.3) is 0 Å². The fraction of sp³-hybridized carbons (Fsp3) is 0.429. The number of methoxy groups -OCH3 is 1. The summed E-state index contributed by atoms with van der Waals surface area (Å²) in [6, 6.07) is 11.6. The van der Waals surface area contributed by atoms with Crippen LogP contribution in [-0.4, -0.2) is 31.2 Å². The number of aromatic nitrogens is 1. The highest BCUT2D eigenvalue weighted by molar-refractivity contribution is 5.89. The maximum atomic E-state index is 12.5. The molecule has 2 heterocycles. The van der Waals surface area contributed by atoms with Crippen molar-refractivity contribution in [1.29, 1.82) is 0 Å². The maximum absolute atomic E-state index is 12.5. The number of nitrogens with one attached hydrogen (secondary N) is 2. The van der Waals surface area contributed by atoms with Crippen molar-refractivity contribution < 1.29 is 9.53 Å². The van der Waals surface area contributed by atoms with E-state index in [4.69, 9.17) is 4.74 Å². The number of urea groups is 1. The van der Waals surface area contributed by atoms with E-state index < -0.39 is 0 Å². The first-order valence-corrected chi connectivity index (χ1v) is 9.65. The quantitative estimate of drug-likeness (QED) is 0.812. The van der Waals surface area contributed by atoms with Crippen molar-refractivity contribution >= 4 is 17.5 Å². The van der Waals surface area contributed by atoms with Crippen LogP contribution in [0.15, 0.2) is 42.6 Å². The Balaban J connectivity index is 1.38. The van der Waals surface area contributed by atoms with Gasteiger partial charge in [0.05, 0.1) is 25.0 Å². The van der Waals surface area contributed by atoms with Crippen LogP contribution in [0.5, 0.6) is 5.75 Å². The lowest BCUT2D eigenvalue weighted by atomic mass is 10.0. The molecule has 27 heavy (non-hydrogen) atoms. The standard InChI is InChI=1S/C21H26N4O2/c1-27-18-9-6-16(7-10-18)20(15-4-5-15)24-21(26)23-17-8-11-19(22-14-17)25-12-2-3-13-25/h6-11,14-15,20H,2-5,12-13H2,1H3,(H2,23,24,26). The zero-order chi connectivity index (χ0) is 18.6. The van der Waals surface area contributed by atoms with E-state index in [1.165, 1.54) is 12.8 Å². The molecule has 1 aromatic carbocycles. The van der Waals surface area contributed by atoms with Gasteiger partial charge in [0.1, 0.15) is 11.6 Å². The van der Waals surface area contributed by atoms with Gasteiger partial charge in [-0.2, -0.15) is 0 Å². The van der Waals surface area contributed by atoms with Crippen LogP contribution >= 0.6 is 0 Å². The molecule has 1 saturated carbocycles. The minimum absolute atomic E-state index is 0.0211. The Hall–Kier alpha value is -2.76. The van der Waals surface area contributed by atoms with Gasteiger partial charge in [0, 0.05) is 13.1 Å². The van der Waals surface area contributed by atoms with Crippen molar-refractivity contribution in [3.8, 4) is 5.75 Å². The van der Waals surface area contributed by atoms with Crippen LogP contribution in [-0.2, 0) is 0 Å². The Morgan fingerprint density at radius 1 is 1.15 bits per heavy atom. The largest absolute Gasteiger partial charge is 0.497 e. The summed E-state index contributed by atoms with van der Waals surface area (Å²) in [5.74, 6) is 2.30. The molecule has 0 bridgehead atoms. The van der Waals surface area contributed by atoms with Gasteiger partial charge in [-0.3, -0.25) is 0 Å². The molecule has 4 rings (SSSR count). The van der Waals surface area contributed by atoms with Gasteiger partial charge in [-0.05, 0) is 61.4 Å². The molecule has 0 radical (unpaired) electrons. The summed E-state index contributed by atoms with van der Waals surface area (Å²) in [7, 11) is 1.65. The first-order chi connectivity index (χ1) is 13.2. The fourth-order valence-corrected chi connectivity index (χ4v) is 3.62. The molecule has 1 atom stereocenters. The number of benzene rings is 1. The SMILES string of the molecule is COc1ccc(C(NC(=O)Nc2ccc(N3CCCC3)nc2)C2CC2)cc1. The average Bonchev–Trinajstić information content (AvgIpc) is 3.40. The van der Waals surface area contributed by atoms with Gasteiger partial charge < -0.3 is 20.3 Å². The molecule has 2 amide bonds. The molecule has 142 valence electrons. The number of anilines is 2. The monoisotopic (exact) mass is 366 g/mol. The molecule has 2 N–H and O–H groups in total. The molecule has 1 aromatic heterocycles. The van der Waals surface area contributed by atoms with Crippen molar-refractivity contribution in [3.05, 3.63) is 48.2 Å². The van der Waals surface area contributed by atoms with Crippen molar-refractivity contribution in [1.82, 2.24) is 10.3 Å². The van der Waals surface area contributed by atoms with E-state index >= 15 is 0 Å². The highest BCUT2D eigenvalue weighted by Gasteiger charge is 2.33. The molecule has 0 spiro atoms. The van der Waals surface area contributed by atoms with Crippen molar-refractivity contribution in [3.63, 3.8) is 0 Å². The molecule has 1 aliphatic heterocycles. The number of nitrogens with zero attached hydrogens (tertiary/aromatic N) is 2. The van der Waals surface area contributed by atoms with Gasteiger partial charge in [-0.1, -0.05) is 12.1 Å². The topological polar surface area (TPSA) is 66.5 Å². The highest BCUT2D eigenvalue weighted by atomic mass is 16.5. The predicted octanol–water partition coefficient (Wildman–Crippen LogP) is 3.96. The Morgan fingerprint density at radius 3 is 2.48 bits per heavy atom. The van der Waals surface area contributed by atoms with Crippen molar-refractivity contribution in [2.24, 2.45) is 5.92 Å². The summed E-state index contributed by atoms with van der Waals surface area (Å²) in [5, 5.41) is 6.03. The van der Waals surface area contributed by atoms with Gasteiger partial charge in [-0.25, -0.2) is 9.78 Å². The van der Waals surface area contributed by atoms with E-state index in [1.54, 1.807) is 13.3 Å². The van der Waals surface area contributed by atoms with Gasteiger partial charge in [0.2, 0.25) is 0 Å². The summed E-state index contributed by atoms with van der Waals surface area (Å²) < 4.78 is 5.22. The molecule has 6 nitrogen and oxygen atoms in total. The molecule has 2 fully saturated rings.